The van der Waals surface area contributed by atoms with E-state index in [1.54, 1.807) is 12.1 Å². The van der Waals surface area contributed by atoms with Gasteiger partial charge in [0.1, 0.15) is 11.6 Å². The van der Waals surface area contributed by atoms with Crippen molar-refractivity contribution in [2.24, 2.45) is 0 Å². The maximum Gasteiger partial charge on any atom is 0.141 e. The Bertz CT molecular complexity index is 788. The number of aromatic nitrogens is 2. The molecule has 3 nitrogen and oxygen atoms in total. The minimum Gasteiger partial charge on any atom is -0.508 e. The Kier molecular flexibility index (Phi) is 2.51. The fourth-order valence-electron chi connectivity index (χ4n) is 2.59. The molecule has 1 fully saturated rings. The van der Waals surface area contributed by atoms with Crippen molar-refractivity contribution in [3.63, 3.8) is 0 Å². The molecular formula is C16H13ClN2O. The number of aromatic hydroxyl groups is 1. The molecule has 1 aliphatic rings. The number of fused-ring (bicyclic) bond motifs is 1. The highest BCUT2D eigenvalue weighted by molar-refractivity contribution is 6.31. The van der Waals surface area contributed by atoms with Crippen LogP contribution in [0.5, 0.6) is 5.75 Å². The van der Waals surface area contributed by atoms with Crippen molar-refractivity contribution in [3.05, 3.63) is 47.5 Å². The SMILES string of the molecule is Oc1ccc(-c2nc3cc(Cl)ccc3n2C2CC2)cc1. The van der Waals surface area contributed by atoms with Gasteiger partial charge in [0, 0.05) is 16.6 Å². The molecular weight excluding hydrogens is 272 g/mol. The van der Waals surface area contributed by atoms with E-state index >= 15 is 0 Å². The van der Waals surface area contributed by atoms with E-state index in [4.69, 9.17) is 16.6 Å². The zero-order chi connectivity index (χ0) is 13.7. The van der Waals surface area contributed by atoms with Crippen LogP contribution in [0, 0.1) is 0 Å². The maximum absolute atomic E-state index is 9.43. The van der Waals surface area contributed by atoms with Crippen LogP contribution in [0.2, 0.25) is 5.02 Å². The monoisotopic (exact) mass is 284 g/mol. The van der Waals surface area contributed by atoms with Crippen molar-refractivity contribution in [2.45, 2.75) is 18.9 Å². The van der Waals surface area contributed by atoms with Crippen LogP contribution in [0.15, 0.2) is 42.5 Å². The van der Waals surface area contributed by atoms with Crippen molar-refractivity contribution in [1.82, 2.24) is 9.55 Å². The number of imidazole rings is 1. The summed E-state index contributed by atoms with van der Waals surface area (Å²) in [5, 5.41) is 10.1. The van der Waals surface area contributed by atoms with E-state index in [0.29, 0.717) is 11.1 Å². The smallest absolute Gasteiger partial charge is 0.141 e. The predicted octanol–water partition coefficient (Wildman–Crippen LogP) is 4.40. The third kappa shape index (κ3) is 1.86. The third-order valence-electron chi connectivity index (χ3n) is 3.69. The number of phenols is 1. The van der Waals surface area contributed by atoms with E-state index in [0.717, 1.165) is 22.4 Å². The zero-order valence-corrected chi connectivity index (χ0v) is 11.5. The molecule has 0 atom stereocenters. The van der Waals surface area contributed by atoms with Crippen molar-refractivity contribution >= 4 is 22.6 Å². The van der Waals surface area contributed by atoms with Gasteiger partial charge >= 0.3 is 0 Å². The first-order valence-corrected chi connectivity index (χ1v) is 7.07. The Labute approximate surface area is 121 Å². The summed E-state index contributed by atoms with van der Waals surface area (Å²) in [6.45, 7) is 0. The molecule has 2 aromatic carbocycles. The van der Waals surface area contributed by atoms with Gasteiger partial charge in [-0.05, 0) is 55.3 Å². The predicted molar refractivity (Wildman–Crippen MR) is 80.1 cm³/mol. The summed E-state index contributed by atoms with van der Waals surface area (Å²) >= 11 is 6.06. The molecule has 4 heteroatoms. The number of hydrogen-bond acceptors (Lipinski definition) is 2. The Morgan fingerprint density at radius 3 is 2.55 bits per heavy atom. The quantitative estimate of drug-likeness (QED) is 0.757. The highest BCUT2D eigenvalue weighted by atomic mass is 35.5. The van der Waals surface area contributed by atoms with E-state index in [1.807, 2.05) is 30.3 Å². The van der Waals surface area contributed by atoms with Crippen LogP contribution in [0.1, 0.15) is 18.9 Å². The molecule has 3 aromatic rings. The standard InChI is InChI=1S/C16H13ClN2O/c17-11-3-8-15-14(9-11)18-16(19(15)12-4-5-12)10-1-6-13(20)7-2-10/h1-3,6-9,12,20H,4-5H2. The van der Waals surface area contributed by atoms with Crippen LogP contribution < -0.4 is 0 Å². The number of halogens is 1. The van der Waals surface area contributed by atoms with Gasteiger partial charge < -0.3 is 9.67 Å². The first-order chi connectivity index (χ1) is 9.72. The van der Waals surface area contributed by atoms with E-state index in [2.05, 4.69) is 4.57 Å². The van der Waals surface area contributed by atoms with Gasteiger partial charge in [-0.3, -0.25) is 0 Å². The molecule has 0 radical (unpaired) electrons. The molecule has 0 unspecified atom stereocenters. The van der Waals surface area contributed by atoms with Crippen LogP contribution in [0.4, 0.5) is 0 Å². The number of benzene rings is 2. The molecule has 0 bridgehead atoms. The average Bonchev–Trinajstić information content (AvgIpc) is 3.20. The van der Waals surface area contributed by atoms with Gasteiger partial charge in [0.25, 0.3) is 0 Å². The van der Waals surface area contributed by atoms with Crippen LogP contribution in [-0.4, -0.2) is 14.7 Å². The first-order valence-electron chi connectivity index (χ1n) is 6.69. The molecule has 100 valence electrons. The Balaban J connectivity index is 1.97. The summed E-state index contributed by atoms with van der Waals surface area (Å²) in [5.74, 6) is 1.22. The van der Waals surface area contributed by atoms with E-state index in [9.17, 15) is 5.11 Å². The van der Waals surface area contributed by atoms with Crippen molar-refractivity contribution < 1.29 is 5.11 Å². The molecule has 0 saturated heterocycles. The molecule has 1 aromatic heterocycles. The molecule has 0 spiro atoms. The van der Waals surface area contributed by atoms with Crippen LogP contribution >= 0.6 is 11.6 Å². The fourth-order valence-corrected chi connectivity index (χ4v) is 2.75. The lowest BCUT2D eigenvalue weighted by Crippen LogP contribution is -1.97. The molecule has 0 amide bonds. The number of phenolic OH excluding ortho intramolecular Hbond substituents is 1. The summed E-state index contributed by atoms with van der Waals surface area (Å²) in [6, 6.07) is 13.6. The summed E-state index contributed by atoms with van der Waals surface area (Å²) in [6.07, 6.45) is 2.39. The number of nitrogens with zero attached hydrogens (tertiary/aromatic N) is 2. The molecule has 1 aliphatic carbocycles. The minimum absolute atomic E-state index is 0.269. The van der Waals surface area contributed by atoms with Gasteiger partial charge in [0.05, 0.1) is 11.0 Å². The second-order valence-electron chi connectivity index (χ2n) is 5.22. The lowest BCUT2D eigenvalue weighted by atomic mass is 10.2. The van der Waals surface area contributed by atoms with Crippen LogP contribution in [0.3, 0.4) is 0 Å². The minimum atomic E-state index is 0.269. The second-order valence-corrected chi connectivity index (χ2v) is 5.65. The van der Waals surface area contributed by atoms with Crippen molar-refractivity contribution in [3.8, 4) is 17.1 Å². The van der Waals surface area contributed by atoms with Gasteiger partial charge in [0.2, 0.25) is 0 Å². The number of hydrogen-bond donors (Lipinski definition) is 1. The summed E-state index contributed by atoms with van der Waals surface area (Å²) in [7, 11) is 0. The van der Waals surface area contributed by atoms with Crippen LogP contribution in [-0.2, 0) is 0 Å². The summed E-state index contributed by atoms with van der Waals surface area (Å²) < 4.78 is 2.29. The Morgan fingerprint density at radius 1 is 1.10 bits per heavy atom. The molecule has 1 heterocycles. The van der Waals surface area contributed by atoms with Gasteiger partial charge in [-0.2, -0.15) is 0 Å². The maximum atomic E-state index is 9.43. The normalized spacial score (nSPS) is 14.8. The van der Waals surface area contributed by atoms with Crippen LogP contribution in [0.25, 0.3) is 22.4 Å². The Morgan fingerprint density at radius 2 is 1.85 bits per heavy atom. The number of rotatable bonds is 2. The second kappa shape index (κ2) is 4.25. The Hall–Kier alpha value is -2.00. The van der Waals surface area contributed by atoms with Crippen molar-refractivity contribution in [2.75, 3.05) is 0 Å². The molecule has 0 aliphatic heterocycles. The summed E-state index contributed by atoms with van der Waals surface area (Å²) in [5.41, 5.74) is 3.06. The van der Waals surface area contributed by atoms with Gasteiger partial charge in [0.15, 0.2) is 0 Å². The molecule has 4 rings (SSSR count). The third-order valence-corrected chi connectivity index (χ3v) is 3.92. The highest BCUT2D eigenvalue weighted by Crippen LogP contribution is 2.41. The highest BCUT2D eigenvalue weighted by Gasteiger charge is 2.28. The summed E-state index contributed by atoms with van der Waals surface area (Å²) in [4.78, 5) is 4.73. The molecule has 1 N–H and O–H groups in total. The zero-order valence-electron chi connectivity index (χ0n) is 10.8. The average molecular weight is 285 g/mol. The first kappa shape index (κ1) is 11.8. The lowest BCUT2D eigenvalue weighted by molar-refractivity contribution is 0.475. The largest absolute Gasteiger partial charge is 0.508 e. The van der Waals surface area contributed by atoms with E-state index in [1.165, 1.54) is 12.8 Å². The van der Waals surface area contributed by atoms with Gasteiger partial charge in [-0.15, -0.1) is 0 Å². The van der Waals surface area contributed by atoms with Crippen molar-refractivity contribution in [1.29, 1.82) is 0 Å². The van der Waals surface area contributed by atoms with E-state index < -0.39 is 0 Å². The van der Waals surface area contributed by atoms with Gasteiger partial charge in [-0.1, -0.05) is 11.6 Å². The van der Waals surface area contributed by atoms with Gasteiger partial charge in [-0.25, -0.2) is 4.98 Å². The molecule has 20 heavy (non-hydrogen) atoms. The van der Waals surface area contributed by atoms with E-state index in [-0.39, 0.29) is 5.75 Å². The molecule has 1 saturated carbocycles. The lowest BCUT2D eigenvalue weighted by Gasteiger charge is -2.07. The topological polar surface area (TPSA) is 38.1 Å². The fraction of sp³-hybridized carbons (Fsp3) is 0.188.